The minimum absolute atomic E-state index is 0.0675. The van der Waals surface area contributed by atoms with Crippen molar-refractivity contribution in [2.45, 2.75) is 32.8 Å². The van der Waals surface area contributed by atoms with Crippen LogP contribution in [0.2, 0.25) is 0 Å². The van der Waals surface area contributed by atoms with Gasteiger partial charge in [0, 0.05) is 24.0 Å². The topological polar surface area (TPSA) is 34.5 Å². The van der Waals surface area contributed by atoms with Crippen LogP contribution in [0.15, 0.2) is 24.4 Å². The molecule has 2 rings (SSSR count). The van der Waals surface area contributed by atoms with E-state index in [9.17, 15) is 4.79 Å². The van der Waals surface area contributed by atoms with Crippen LogP contribution in [0.3, 0.4) is 0 Å². The van der Waals surface area contributed by atoms with E-state index in [0.717, 1.165) is 29.4 Å². The van der Waals surface area contributed by atoms with Gasteiger partial charge in [-0.2, -0.15) is 0 Å². The number of benzene rings is 1. The van der Waals surface area contributed by atoms with Gasteiger partial charge in [0.1, 0.15) is 0 Å². The van der Waals surface area contributed by atoms with Crippen LogP contribution in [0.4, 0.5) is 4.79 Å². The van der Waals surface area contributed by atoms with Gasteiger partial charge in [-0.15, -0.1) is 0 Å². The van der Waals surface area contributed by atoms with E-state index in [0.29, 0.717) is 0 Å². The molecular formula is C18H25ClN2O2. The summed E-state index contributed by atoms with van der Waals surface area (Å²) in [5, 5.41) is 1.10. The number of hydrogen-bond donors (Lipinski definition) is 0. The summed E-state index contributed by atoms with van der Waals surface area (Å²) in [4.78, 5) is 14.6. The molecule has 0 amide bonds. The summed E-state index contributed by atoms with van der Waals surface area (Å²) in [6, 6.07) is 6.08. The first-order valence-electron chi connectivity index (χ1n) is 7.90. The van der Waals surface area contributed by atoms with Gasteiger partial charge in [-0.1, -0.05) is 37.1 Å². The molecule has 2 aromatic rings. The normalized spacial score (nSPS) is 13.0. The van der Waals surface area contributed by atoms with Crippen LogP contribution in [-0.4, -0.2) is 41.8 Å². The van der Waals surface area contributed by atoms with E-state index < -0.39 is 11.7 Å². The zero-order valence-electron chi connectivity index (χ0n) is 14.5. The Morgan fingerprint density at radius 3 is 2.65 bits per heavy atom. The van der Waals surface area contributed by atoms with E-state index >= 15 is 0 Å². The molecule has 1 aromatic carbocycles. The molecule has 0 bridgehead atoms. The van der Waals surface area contributed by atoms with Crippen LogP contribution >= 0.6 is 11.6 Å². The summed E-state index contributed by atoms with van der Waals surface area (Å²) in [6.07, 6.45) is 2.32. The highest BCUT2D eigenvalue weighted by Gasteiger charge is 2.19. The number of carbonyl (C=O) groups excluding carboxylic acids is 1. The van der Waals surface area contributed by atoms with Crippen molar-refractivity contribution in [2.75, 3.05) is 20.6 Å². The molecule has 0 N–H and O–H groups in total. The second-order valence-corrected chi connectivity index (χ2v) is 7.01. The van der Waals surface area contributed by atoms with Crippen molar-refractivity contribution >= 4 is 28.6 Å². The number of halogens is 1. The number of carbonyl (C=O) groups is 1. The fourth-order valence-electron chi connectivity index (χ4n) is 2.40. The Hall–Kier alpha value is -1.52. The predicted molar refractivity (Wildman–Crippen MR) is 95.3 cm³/mol. The number of aryl methyl sites for hydroxylation is 1. The molecule has 0 aliphatic rings. The van der Waals surface area contributed by atoms with E-state index in [1.165, 1.54) is 5.56 Å². The summed E-state index contributed by atoms with van der Waals surface area (Å²) in [7, 11) is 4.08. The Labute approximate surface area is 143 Å². The molecule has 0 saturated carbocycles. The molecule has 23 heavy (non-hydrogen) atoms. The first-order valence-corrected chi connectivity index (χ1v) is 8.33. The molecule has 1 aromatic heterocycles. The summed E-state index contributed by atoms with van der Waals surface area (Å²) >= 11 is 6.08. The first-order chi connectivity index (χ1) is 10.8. The largest absolute Gasteiger partial charge is 0.429 e. The van der Waals surface area contributed by atoms with Gasteiger partial charge < -0.3 is 9.64 Å². The fraction of sp³-hybridized carbons (Fsp3) is 0.500. The molecule has 0 fully saturated rings. The molecule has 5 heteroatoms. The van der Waals surface area contributed by atoms with Crippen molar-refractivity contribution in [3.8, 4) is 0 Å². The minimum Gasteiger partial charge on any atom is -0.429 e. The maximum absolute atomic E-state index is 12.5. The maximum atomic E-state index is 12.5. The van der Waals surface area contributed by atoms with Gasteiger partial charge in [-0.05, 0) is 45.1 Å². The second kappa shape index (κ2) is 7.37. The van der Waals surface area contributed by atoms with Gasteiger partial charge in [0.2, 0.25) is 0 Å². The van der Waals surface area contributed by atoms with Crippen molar-refractivity contribution in [2.24, 2.45) is 5.92 Å². The number of ether oxygens (including phenoxy) is 1. The van der Waals surface area contributed by atoms with E-state index in [1.807, 2.05) is 46.3 Å². The molecule has 126 valence electrons. The van der Waals surface area contributed by atoms with E-state index in [1.54, 1.807) is 4.57 Å². The van der Waals surface area contributed by atoms with Crippen molar-refractivity contribution in [1.29, 1.82) is 0 Å². The monoisotopic (exact) mass is 336 g/mol. The maximum Gasteiger partial charge on any atom is 0.419 e. The zero-order valence-corrected chi connectivity index (χ0v) is 15.2. The van der Waals surface area contributed by atoms with E-state index in [-0.39, 0.29) is 5.92 Å². The number of rotatable bonds is 5. The molecule has 0 aliphatic heterocycles. The second-order valence-electron chi connectivity index (χ2n) is 6.58. The van der Waals surface area contributed by atoms with Crippen molar-refractivity contribution in [3.63, 3.8) is 0 Å². The molecule has 0 saturated heterocycles. The van der Waals surface area contributed by atoms with E-state index in [4.69, 9.17) is 16.3 Å². The molecule has 1 heterocycles. The highest BCUT2D eigenvalue weighted by Crippen LogP contribution is 2.24. The number of likely N-dealkylation sites (N-methyl/N-ethyl adjacent to an activating group) is 1. The number of nitrogens with zero attached hydrogens (tertiary/aromatic N) is 2. The lowest BCUT2D eigenvalue weighted by Crippen LogP contribution is -2.21. The van der Waals surface area contributed by atoms with Gasteiger partial charge >= 0.3 is 6.09 Å². The SMILES string of the molecule is Cc1ccc2c(c1)c(CCN(C)C)cn2C(=O)OC(Cl)C(C)C. The number of alkyl halides is 1. The fourth-order valence-corrected chi connectivity index (χ4v) is 2.47. The Morgan fingerprint density at radius 1 is 1.35 bits per heavy atom. The Kier molecular flexibility index (Phi) is 5.71. The number of fused-ring (bicyclic) bond motifs is 1. The first kappa shape index (κ1) is 17.8. The Morgan fingerprint density at radius 2 is 2.04 bits per heavy atom. The van der Waals surface area contributed by atoms with Gasteiger partial charge in [0.25, 0.3) is 0 Å². The molecule has 0 spiro atoms. The summed E-state index contributed by atoms with van der Waals surface area (Å²) in [5.74, 6) is 0.0675. The average molecular weight is 337 g/mol. The number of aromatic nitrogens is 1. The highest BCUT2D eigenvalue weighted by atomic mass is 35.5. The quantitative estimate of drug-likeness (QED) is 0.765. The van der Waals surface area contributed by atoms with Gasteiger partial charge in [0.05, 0.1) is 5.52 Å². The molecule has 0 radical (unpaired) electrons. The van der Waals surface area contributed by atoms with Crippen molar-refractivity contribution < 1.29 is 9.53 Å². The Bertz CT molecular complexity index is 692. The standard InChI is InChI=1S/C18H25ClN2O2/c1-12(2)17(19)23-18(22)21-11-14(8-9-20(4)5)15-10-13(3)6-7-16(15)21/h6-7,10-12,17H,8-9H2,1-5H3. The van der Waals surface area contributed by atoms with Crippen LogP contribution in [0.1, 0.15) is 25.0 Å². The van der Waals surface area contributed by atoms with Gasteiger partial charge in [-0.3, -0.25) is 4.57 Å². The van der Waals surface area contributed by atoms with Crippen LogP contribution in [0.25, 0.3) is 10.9 Å². The third kappa shape index (κ3) is 4.27. The highest BCUT2D eigenvalue weighted by molar-refractivity contribution is 6.20. The molecule has 1 atom stereocenters. The molecular weight excluding hydrogens is 312 g/mol. The number of hydrogen-bond acceptors (Lipinski definition) is 3. The lowest BCUT2D eigenvalue weighted by molar-refractivity contribution is 0.116. The van der Waals surface area contributed by atoms with Crippen LogP contribution < -0.4 is 0 Å². The van der Waals surface area contributed by atoms with Crippen LogP contribution in [-0.2, 0) is 11.2 Å². The predicted octanol–water partition coefficient (Wildman–Crippen LogP) is 4.26. The minimum atomic E-state index is -0.629. The summed E-state index contributed by atoms with van der Waals surface area (Å²) in [5.41, 5.74) is 2.55. The lowest BCUT2D eigenvalue weighted by atomic mass is 10.1. The van der Waals surface area contributed by atoms with Crippen LogP contribution in [0, 0.1) is 12.8 Å². The third-order valence-electron chi connectivity index (χ3n) is 3.81. The molecule has 1 unspecified atom stereocenters. The van der Waals surface area contributed by atoms with Crippen molar-refractivity contribution in [1.82, 2.24) is 9.47 Å². The Balaban J connectivity index is 2.37. The third-order valence-corrected chi connectivity index (χ3v) is 4.40. The van der Waals surface area contributed by atoms with Gasteiger partial charge in [0.15, 0.2) is 5.56 Å². The van der Waals surface area contributed by atoms with E-state index in [2.05, 4.69) is 17.9 Å². The molecule has 0 aliphatic carbocycles. The lowest BCUT2D eigenvalue weighted by Gasteiger charge is -2.14. The smallest absolute Gasteiger partial charge is 0.419 e. The average Bonchev–Trinajstić information content (AvgIpc) is 2.82. The molecule has 4 nitrogen and oxygen atoms in total. The van der Waals surface area contributed by atoms with Crippen LogP contribution in [0.5, 0.6) is 0 Å². The summed E-state index contributed by atoms with van der Waals surface area (Å²) in [6.45, 7) is 6.82. The zero-order chi connectivity index (χ0) is 17.1. The van der Waals surface area contributed by atoms with Crippen molar-refractivity contribution in [3.05, 3.63) is 35.5 Å². The van der Waals surface area contributed by atoms with Gasteiger partial charge in [-0.25, -0.2) is 4.79 Å². The summed E-state index contributed by atoms with van der Waals surface area (Å²) < 4.78 is 6.92.